The van der Waals surface area contributed by atoms with Crippen LogP contribution in [0.3, 0.4) is 0 Å². The Hall–Kier alpha value is -1.46. The highest BCUT2D eigenvalue weighted by Gasteiger charge is 2.19. The van der Waals surface area contributed by atoms with Gasteiger partial charge in [-0.1, -0.05) is 18.5 Å². The average Bonchev–Trinajstić information content (AvgIpc) is 2.77. The lowest BCUT2D eigenvalue weighted by Crippen LogP contribution is -2.28. The Morgan fingerprint density at radius 1 is 1.53 bits per heavy atom. The fraction of sp³-hybridized carbons (Fsp3) is 0.462. The summed E-state index contributed by atoms with van der Waals surface area (Å²) in [5.41, 5.74) is 0.967. The number of hydrogen-bond donors (Lipinski definition) is 1. The minimum atomic E-state index is -0.796. The van der Waals surface area contributed by atoms with E-state index in [1.807, 2.05) is 24.1 Å². The maximum atomic E-state index is 10.8. The SMILES string of the molecule is CC(CN(C)Cc1cc(Cl)c2c(c1)OCO2)C(=O)O. The molecular formula is C13H16ClNO4. The van der Waals surface area contributed by atoms with Crippen molar-refractivity contribution in [2.24, 2.45) is 5.92 Å². The van der Waals surface area contributed by atoms with E-state index in [0.29, 0.717) is 29.6 Å². The van der Waals surface area contributed by atoms with Crippen LogP contribution in [0.4, 0.5) is 0 Å². The van der Waals surface area contributed by atoms with Gasteiger partial charge in [0.25, 0.3) is 0 Å². The minimum Gasteiger partial charge on any atom is -0.481 e. The third kappa shape index (κ3) is 3.30. The number of carboxylic acids is 1. The molecule has 0 saturated heterocycles. The molecule has 1 aliphatic rings. The molecule has 0 spiro atoms. The van der Waals surface area contributed by atoms with E-state index in [-0.39, 0.29) is 6.79 Å². The Morgan fingerprint density at radius 3 is 2.95 bits per heavy atom. The number of carboxylic acid groups (broad SMARTS) is 1. The number of halogens is 1. The normalized spacial score (nSPS) is 14.7. The van der Waals surface area contributed by atoms with Crippen molar-refractivity contribution in [3.05, 3.63) is 22.7 Å². The number of carbonyl (C=O) groups is 1. The fourth-order valence-corrected chi connectivity index (χ4v) is 2.32. The summed E-state index contributed by atoms with van der Waals surface area (Å²) < 4.78 is 10.5. The summed E-state index contributed by atoms with van der Waals surface area (Å²) >= 11 is 6.10. The highest BCUT2D eigenvalue weighted by Crippen LogP contribution is 2.39. The van der Waals surface area contributed by atoms with Crippen molar-refractivity contribution in [1.82, 2.24) is 4.90 Å². The second-order valence-electron chi connectivity index (χ2n) is 4.75. The first-order valence-corrected chi connectivity index (χ1v) is 6.34. The zero-order valence-corrected chi connectivity index (χ0v) is 11.6. The summed E-state index contributed by atoms with van der Waals surface area (Å²) in [7, 11) is 1.87. The Bertz CT molecular complexity index is 492. The minimum absolute atomic E-state index is 0.185. The quantitative estimate of drug-likeness (QED) is 0.899. The van der Waals surface area contributed by atoms with Crippen LogP contribution in [0.5, 0.6) is 11.5 Å². The number of ether oxygens (including phenoxy) is 2. The van der Waals surface area contributed by atoms with Crippen LogP contribution in [0.1, 0.15) is 12.5 Å². The number of aliphatic carboxylic acids is 1. The number of nitrogens with zero attached hydrogens (tertiary/aromatic N) is 1. The van der Waals surface area contributed by atoms with E-state index < -0.39 is 11.9 Å². The van der Waals surface area contributed by atoms with Gasteiger partial charge < -0.3 is 19.5 Å². The summed E-state index contributed by atoms with van der Waals surface area (Å²) in [4.78, 5) is 12.7. The zero-order valence-electron chi connectivity index (χ0n) is 10.9. The highest BCUT2D eigenvalue weighted by molar-refractivity contribution is 6.32. The second kappa shape index (κ2) is 5.67. The second-order valence-corrected chi connectivity index (χ2v) is 5.15. The molecular weight excluding hydrogens is 270 g/mol. The van der Waals surface area contributed by atoms with Gasteiger partial charge in [0.2, 0.25) is 6.79 Å². The Morgan fingerprint density at radius 2 is 2.26 bits per heavy atom. The molecule has 1 aromatic carbocycles. The monoisotopic (exact) mass is 285 g/mol. The molecule has 6 heteroatoms. The molecule has 0 fully saturated rings. The molecule has 0 amide bonds. The first-order valence-electron chi connectivity index (χ1n) is 5.96. The van der Waals surface area contributed by atoms with Crippen molar-refractivity contribution >= 4 is 17.6 Å². The van der Waals surface area contributed by atoms with Gasteiger partial charge in [-0.05, 0) is 24.7 Å². The molecule has 1 heterocycles. The molecule has 1 aliphatic heterocycles. The van der Waals surface area contributed by atoms with Gasteiger partial charge in [-0.15, -0.1) is 0 Å². The van der Waals surface area contributed by atoms with E-state index in [0.717, 1.165) is 5.56 Å². The highest BCUT2D eigenvalue weighted by atomic mass is 35.5. The van der Waals surface area contributed by atoms with Gasteiger partial charge in [-0.25, -0.2) is 0 Å². The van der Waals surface area contributed by atoms with Crippen molar-refractivity contribution in [2.45, 2.75) is 13.5 Å². The summed E-state index contributed by atoms with van der Waals surface area (Å²) in [5.74, 6) is 0.0132. The smallest absolute Gasteiger partial charge is 0.307 e. The molecule has 1 N–H and O–H groups in total. The first-order chi connectivity index (χ1) is 8.97. The maximum absolute atomic E-state index is 10.8. The summed E-state index contributed by atoms with van der Waals surface area (Å²) in [5, 5.41) is 9.40. The molecule has 0 saturated carbocycles. The van der Waals surface area contributed by atoms with E-state index in [4.69, 9.17) is 26.2 Å². The van der Waals surface area contributed by atoms with E-state index in [2.05, 4.69) is 0 Å². The molecule has 19 heavy (non-hydrogen) atoms. The van der Waals surface area contributed by atoms with Crippen LogP contribution < -0.4 is 9.47 Å². The summed E-state index contributed by atoms with van der Waals surface area (Å²) in [6.07, 6.45) is 0. The van der Waals surface area contributed by atoms with E-state index in [1.165, 1.54) is 0 Å². The lowest BCUT2D eigenvalue weighted by molar-refractivity contribution is -0.141. The van der Waals surface area contributed by atoms with Crippen molar-refractivity contribution < 1.29 is 19.4 Å². The predicted molar refractivity (Wildman–Crippen MR) is 70.7 cm³/mol. The molecule has 5 nitrogen and oxygen atoms in total. The van der Waals surface area contributed by atoms with Crippen molar-refractivity contribution in [3.63, 3.8) is 0 Å². The molecule has 0 aromatic heterocycles. The third-order valence-electron chi connectivity index (χ3n) is 2.95. The van der Waals surface area contributed by atoms with E-state index in [9.17, 15) is 4.79 Å². The average molecular weight is 286 g/mol. The fourth-order valence-electron chi connectivity index (χ4n) is 2.03. The number of hydrogen-bond acceptors (Lipinski definition) is 4. The van der Waals surface area contributed by atoms with Gasteiger partial charge >= 0.3 is 5.97 Å². The predicted octanol–water partition coefficient (Wildman–Crippen LogP) is 2.22. The van der Waals surface area contributed by atoms with Crippen molar-refractivity contribution in [3.8, 4) is 11.5 Å². The van der Waals surface area contributed by atoms with Gasteiger partial charge in [0.05, 0.1) is 10.9 Å². The lowest BCUT2D eigenvalue weighted by atomic mass is 10.1. The van der Waals surface area contributed by atoms with E-state index in [1.54, 1.807) is 6.92 Å². The molecule has 0 bridgehead atoms. The number of rotatable bonds is 5. The van der Waals surface area contributed by atoms with Crippen molar-refractivity contribution in [1.29, 1.82) is 0 Å². The number of benzene rings is 1. The standard InChI is InChI=1S/C13H16ClNO4/c1-8(13(16)17)5-15(2)6-9-3-10(14)12-11(4-9)18-7-19-12/h3-4,8H,5-7H2,1-2H3,(H,16,17). The summed E-state index contributed by atoms with van der Waals surface area (Å²) in [6.45, 7) is 2.95. The molecule has 104 valence electrons. The molecule has 1 unspecified atom stereocenters. The Labute approximate surface area is 116 Å². The summed E-state index contributed by atoms with van der Waals surface area (Å²) in [6, 6.07) is 3.69. The lowest BCUT2D eigenvalue weighted by Gasteiger charge is -2.19. The molecule has 0 radical (unpaired) electrons. The van der Waals surface area contributed by atoms with Gasteiger partial charge in [-0.3, -0.25) is 4.79 Å². The third-order valence-corrected chi connectivity index (χ3v) is 3.23. The number of fused-ring (bicyclic) bond motifs is 1. The van der Waals surface area contributed by atoms with Gasteiger partial charge in [0, 0.05) is 13.1 Å². The first kappa shape index (κ1) is 14.0. The Balaban J connectivity index is 2.03. The molecule has 0 aliphatic carbocycles. The largest absolute Gasteiger partial charge is 0.481 e. The molecule has 1 atom stereocenters. The van der Waals surface area contributed by atoms with Crippen LogP contribution in [-0.2, 0) is 11.3 Å². The van der Waals surface area contributed by atoms with Crippen LogP contribution in [0.2, 0.25) is 5.02 Å². The van der Waals surface area contributed by atoms with Crippen LogP contribution in [0.15, 0.2) is 12.1 Å². The van der Waals surface area contributed by atoms with Gasteiger partial charge in [0.15, 0.2) is 11.5 Å². The topological polar surface area (TPSA) is 59.0 Å². The molecule has 2 rings (SSSR count). The van der Waals surface area contributed by atoms with E-state index >= 15 is 0 Å². The maximum Gasteiger partial charge on any atom is 0.307 e. The Kier molecular flexibility index (Phi) is 4.17. The van der Waals surface area contributed by atoms with Crippen molar-refractivity contribution in [2.75, 3.05) is 20.4 Å². The van der Waals surface area contributed by atoms with Crippen LogP contribution >= 0.6 is 11.6 Å². The van der Waals surface area contributed by atoms with Crippen LogP contribution in [-0.4, -0.2) is 36.4 Å². The van der Waals surface area contributed by atoms with Gasteiger partial charge in [0.1, 0.15) is 0 Å². The van der Waals surface area contributed by atoms with Crippen LogP contribution in [0.25, 0.3) is 0 Å². The molecule has 1 aromatic rings. The van der Waals surface area contributed by atoms with Crippen LogP contribution in [0, 0.1) is 5.92 Å². The zero-order chi connectivity index (χ0) is 14.0. The van der Waals surface area contributed by atoms with Gasteiger partial charge in [-0.2, -0.15) is 0 Å².